The molecule has 0 spiro atoms. The van der Waals surface area contributed by atoms with Crippen LogP contribution in [-0.2, 0) is 20.7 Å². The topological polar surface area (TPSA) is 123 Å². The molecule has 0 radical (unpaired) electrons. The molecule has 10 nitrogen and oxygen atoms in total. The van der Waals surface area contributed by atoms with Gasteiger partial charge in [0.05, 0.1) is 36.9 Å². The van der Waals surface area contributed by atoms with Crippen LogP contribution in [0.25, 0.3) is 11.0 Å². The first-order valence-electron chi connectivity index (χ1n) is 18.8. The lowest BCUT2D eigenvalue weighted by molar-refractivity contribution is -0.139. The highest BCUT2D eigenvalue weighted by molar-refractivity contribution is 7.99. The van der Waals surface area contributed by atoms with Gasteiger partial charge in [-0.2, -0.15) is 0 Å². The molecule has 278 valence electrons. The number of esters is 1. The van der Waals surface area contributed by atoms with Crippen LogP contribution in [0, 0.1) is 0 Å². The van der Waals surface area contributed by atoms with Crippen molar-refractivity contribution >= 4 is 40.9 Å². The molecular weight excluding hydrogens is 665 g/mol. The molecule has 1 aromatic heterocycles. The fourth-order valence-corrected chi connectivity index (χ4v) is 7.50. The molecule has 3 aromatic rings. The number of thioether (sulfide) groups is 1. The summed E-state index contributed by atoms with van der Waals surface area (Å²) < 4.78 is 16.8. The van der Waals surface area contributed by atoms with E-state index in [4.69, 9.17) is 14.2 Å². The zero-order valence-electron chi connectivity index (χ0n) is 30.9. The van der Waals surface area contributed by atoms with Crippen LogP contribution in [0.5, 0.6) is 5.75 Å². The van der Waals surface area contributed by atoms with Crippen LogP contribution in [-0.4, -0.2) is 59.0 Å². The van der Waals surface area contributed by atoms with Gasteiger partial charge >= 0.3 is 18.1 Å². The summed E-state index contributed by atoms with van der Waals surface area (Å²) >= 11 is 1.34. The van der Waals surface area contributed by atoms with E-state index in [1.54, 1.807) is 27.0 Å². The molecule has 0 aliphatic carbocycles. The molecule has 51 heavy (non-hydrogen) atoms. The number of para-hydroxylation sites is 2. The average molecular weight is 721 g/mol. The highest BCUT2D eigenvalue weighted by atomic mass is 32.2. The van der Waals surface area contributed by atoms with Crippen molar-refractivity contribution in [3.05, 3.63) is 64.9 Å². The third-order valence-corrected chi connectivity index (χ3v) is 10.1. The minimum Gasteiger partial charge on any atom is -0.496 e. The maximum atomic E-state index is 13.9. The first-order valence-corrected chi connectivity index (χ1v) is 19.8. The number of nitrogens with one attached hydrogen (secondary N) is 2. The van der Waals surface area contributed by atoms with Crippen LogP contribution >= 0.6 is 11.8 Å². The molecule has 0 fully saturated rings. The van der Waals surface area contributed by atoms with Crippen molar-refractivity contribution < 1.29 is 28.6 Å². The Morgan fingerprint density at radius 1 is 0.824 bits per heavy atom. The van der Waals surface area contributed by atoms with E-state index in [0.717, 1.165) is 40.8 Å². The molecular formula is C40H56N4O6S. The summed E-state index contributed by atoms with van der Waals surface area (Å²) in [4.78, 5) is 50.1. The average Bonchev–Trinajstić information content (AvgIpc) is 3.55. The number of hydrogen-bond acceptors (Lipinski definition) is 8. The third kappa shape index (κ3) is 11.2. The normalized spacial score (nSPS) is 14.5. The molecule has 1 atom stereocenters. The number of methoxy groups -OCH3 is 1. The number of fused-ring (bicyclic) bond motifs is 1. The Morgan fingerprint density at radius 3 is 2.10 bits per heavy atom. The quantitative estimate of drug-likeness (QED) is 0.0597. The monoisotopic (exact) mass is 720 g/mol. The van der Waals surface area contributed by atoms with Crippen molar-refractivity contribution in [3.8, 4) is 5.75 Å². The number of carbonyl (C=O) groups is 3. The molecule has 3 amide bonds. The first kappa shape index (κ1) is 39.8. The number of amides is 3. The van der Waals surface area contributed by atoms with Gasteiger partial charge in [-0.15, -0.1) is 0 Å². The summed E-state index contributed by atoms with van der Waals surface area (Å²) in [7, 11) is 1.55. The van der Waals surface area contributed by atoms with Crippen molar-refractivity contribution in [1.29, 1.82) is 0 Å². The van der Waals surface area contributed by atoms with E-state index in [2.05, 4.69) is 22.2 Å². The largest absolute Gasteiger partial charge is 0.496 e. The van der Waals surface area contributed by atoms with Gasteiger partial charge in [-0.3, -0.25) is 0 Å². The predicted octanol–water partition coefficient (Wildman–Crippen LogP) is 10.0. The summed E-state index contributed by atoms with van der Waals surface area (Å²) in [6, 6.07) is 11.6. The van der Waals surface area contributed by atoms with Crippen LogP contribution in [0.1, 0.15) is 121 Å². The van der Waals surface area contributed by atoms with E-state index in [0.29, 0.717) is 28.6 Å². The molecule has 1 aliphatic rings. The number of hydrogen-bond donors (Lipinski definition) is 2. The number of ether oxygens (including phenoxy) is 3. The van der Waals surface area contributed by atoms with E-state index < -0.39 is 24.1 Å². The number of unbranched alkanes of at least 4 members (excludes halogenated alkanes) is 12. The number of aromatic amines is 1. The maximum absolute atomic E-state index is 13.9. The van der Waals surface area contributed by atoms with Gasteiger partial charge in [-0.1, -0.05) is 120 Å². The van der Waals surface area contributed by atoms with Gasteiger partial charge in [0.25, 0.3) is 0 Å². The van der Waals surface area contributed by atoms with E-state index in [1.807, 2.05) is 36.4 Å². The summed E-state index contributed by atoms with van der Waals surface area (Å²) in [6.45, 7) is 5.83. The van der Waals surface area contributed by atoms with E-state index in [1.165, 1.54) is 76.0 Å². The Bertz CT molecular complexity index is 1570. The highest BCUT2D eigenvalue weighted by Crippen LogP contribution is 2.42. The lowest BCUT2D eigenvalue weighted by Crippen LogP contribution is -2.52. The minimum absolute atomic E-state index is 0.0558. The number of aryl methyl sites for hydroxylation is 1. The van der Waals surface area contributed by atoms with Crippen molar-refractivity contribution in [2.45, 2.75) is 122 Å². The van der Waals surface area contributed by atoms with Gasteiger partial charge in [0, 0.05) is 17.0 Å². The molecule has 2 aromatic carbocycles. The second-order valence-electron chi connectivity index (χ2n) is 12.9. The summed E-state index contributed by atoms with van der Waals surface area (Å²) in [5.41, 5.74) is 3.67. The number of carbonyl (C=O) groups excluding carboxylic acids is 3. The van der Waals surface area contributed by atoms with Crippen LogP contribution in [0.15, 0.2) is 58.9 Å². The van der Waals surface area contributed by atoms with E-state index in [-0.39, 0.29) is 24.5 Å². The molecule has 2 N–H and O–H groups in total. The van der Waals surface area contributed by atoms with Gasteiger partial charge in [-0.25, -0.2) is 24.3 Å². The summed E-state index contributed by atoms with van der Waals surface area (Å²) in [5.74, 6) is 0.0352. The van der Waals surface area contributed by atoms with Crippen molar-refractivity contribution in [2.75, 3.05) is 26.1 Å². The Kier molecular flexibility index (Phi) is 16.7. The van der Waals surface area contributed by atoms with Gasteiger partial charge in [-0.05, 0) is 50.5 Å². The van der Waals surface area contributed by atoms with Crippen LogP contribution in [0.3, 0.4) is 0 Å². The smallest absolute Gasteiger partial charge is 0.418 e. The molecule has 4 rings (SSSR count). The Morgan fingerprint density at radius 2 is 1.47 bits per heavy atom. The number of imidazole rings is 1. The molecule has 2 heterocycles. The van der Waals surface area contributed by atoms with Gasteiger partial charge in [0.1, 0.15) is 11.8 Å². The van der Waals surface area contributed by atoms with E-state index >= 15 is 0 Å². The SMILES string of the molecule is CCCCCCCCCCCCCCCc1cccc(OC)c1C1C(C(=O)OCC)=C(CSc2nc3ccccc3[nH]2)NC(=O)N1C(=O)OCC. The number of rotatable bonds is 22. The van der Waals surface area contributed by atoms with Crippen LogP contribution < -0.4 is 10.1 Å². The molecule has 1 aliphatic heterocycles. The summed E-state index contributed by atoms with van der Waals surface area (Å²) in [5, 5.41) is 3.44. The third-order valence-electron chi connectivity index (χ3n) is 9.21. The number of nitrogens with zero attached hydrogens (tertiary/aromatic N) is 2. The summed E-state index contributed by atoms with van der Waals surface area (Å²) in [6.07, 6.45) is 16.1. The van der Waals surface area contributed by atoms with Crippen molar-refractivity contribution in [2.24, 2.45) is 0 Å². The molecule has 11 heteroatoms. The maximum Gasteiger partial charge on any atom is 0.418 e. The van der Waals surface area contributed by atoms with Gasteiger partial charge in [0.2, 0.25) is 0 Å². The standard InChI is InChI=1S/C40H56N4O6S/c1-5-8-9-10-11-12-13-14-15-16-17-18-19-23-29-24-22-27-33(48-4)34(29)36-35(37(45)49-6-2)32(43-39(46)44(36)40(47)50-7-3)28-51-38-41-30-25-20-21-26-31(30)42-38/h20-22,24-27,36H,5-19,23,28H2,1-4H3,(H,41,42)(H,43,46). The minimum atomic E-state index is -1.13. The Hall–Kier alpha value is -3.99. The van der Waals surface area contributed by atoms with Crippen molar-refractivity contribution in [3.63, 3.8) is 0 Å². The first-order chi connectivity index (χ1) is 24.9. The fourth-order valence-electron chi connectivity index (χ4n) is 6.65. The van der Waals surface area contributed by atoms with Crippen LogP contribution in [0.2, 0.25) is 0 Å². The highest BCUT2D eigenvalue weighted by Gasteiger charge is 2.45. The number of benzene rings is 2. The Balaban J connectivity index is 1.56. The second-order valence-corrected chi connectivity index (χ2v) is 13.9. The van der Waals surface area contributed by atoms with E-state index in [9.17, 15) is 14.4 Å². The Labute approximate surface area is 307 Å². The zero-order valence-corrected chi connectivity index (χ0v) is 31.7. The van der Waals surface area contributed by atoms with Crippen LogP contribution in [0.4, 0.5) is 9.59 Å². The molecule has 0 saturated heterocycles. The zero-order chi connectivity index (χ0) is 36.4. The number of H-pyrrole nitrogens is 1. The molecule has 0 saturated carbocycles. The number of aromatic nitrogens is 2. The van der Waals surface area contributed by atoms with Crippen molar-refractivity contribution in [1.82, 2.24) is 20.2 Å². The number of imide groups is 1. The molecule has 1 unspecified atom stereocenters. The molecule has 0 bridgehead atoms. The lowest BCUT2D eigenvalue weighted by atomic mass is 9.88. The van der Waals surface area contributed by atoms with Gasteiger partial charge in [0.15, 0.2) is 5.16 Å². The lowest BCUT2D eigenvalue weighted by Gasteiger charge is -2.37. The fraction of sp³-hybridized carbons (Fsp3) is 0.550. The second kappa shape index (κ2) is 21.4. The predicted molar refractivity (Wildman–Crippen MR) is 203 cm³/mol. The van der Waals surface area contributed by atoms with Gasteiger partial charge < -0.3 is 24.5 Å². The number of urea groups is 1.